The van der Waals surface area contributed by atoms with E-state index in [9.17, 15) is 4.79 Å². The highest BCUT2D eigenvalue weighted by Crippen LogP contribution is 2.43. The number of fused-ring (bicyclic) bond motifs is 2. The summed E-state index contributed by atoms with van der Waals surface area (Å²) in [5.74, 6) is 1.08. The quantitative estimate of drug-likeness (QED) is 0.532. The third-order valence-electron chi connectivity index (χ3n) is 2.75. The lowest BCUT2D eigenvalue weighted by atomic mass is 9.99. The van der Waals surface area contributed by atoms with Crippen LogP contribution in [0.3, 0.4) is 0 Å². The fourth-order valence-electron chi connectivity index (χ4n) is 2.19. The molecular formula is C9H12O2. The molecule has 0 aromatic rings. The van der Waals surface area contributed by atoms with E-state index < -0.39 is 0 Å². The van der Waals surface area contributed by atoms with Crippen LogP contribution in [0.1, 0.15) is 19.3 Å². The van der Waals surface area contributed by atoms with Gasteiger partial charge in [-0.25, -0.2) is 4.79 Å². The van der Waals surface area contributed by atoms with Crippen LogP contribution < -0.4 is 0 Å². The molecule has 11 heavy (non-hydrogen) atoms. The maximum Gasteiger partial charge on any atom is 0.333 e. The second-order valence-corrected chi connectivity index (χ2v) is 3.38. The van der Waals surface area contributed by atoms with Gasteiger partial charge in [-0.3, -0.25) is 0 Å². The summed E-state index contributed by atoms with van der Waals surface area (Å²) in [7, 11) is 1.45. The summed E-state index contributed by atoms with van der Waals surface area (Å²) in [6.07, 6.45) is 5.74. The highest BCUT2D eigenvalue weighted by atomic mass is 16.5. The Labute approximate surface area is 66.2 Å². The zero-order valence-electron chi connectivity index (χ0n) is 6.67. The van der Waals surface area contributed by atoms with E-state index in [1.165, 1.54) is 26.4 Å². The minimum absolute atomic E-state index is 0.114. The van der Waals surface area contributed by atoms with Crippen molar-refractivity contribution in [2.45, 2.75) is 19.3 Å². The van der Waals surface area contributed by atoms with Gasteiger partial charge in [-0.05, 0) is 31.1 Å². The molecule has 0 aliphatic heterocycles. The number of rotatable bonds is 1. The summed E-state index contributed by atoms with van der Waals surface area (Å²) < 4.78 is 4.68. The molecule has 0 saturated heterocycles. The zero-order valence-corrected chi connectivity index (χ0v) is 6.67. The van der Waals surface area contributed by atoms with E-state index in [0.717, 1.165) is 5.57 Å². The Morgan fingerprint density at radius 1 is 1.64 bits per heavy atom. The predicted molar refractivity (Wildman–Crippen MR) is 40.9 cm³/mol. The van der Waals surface area contributed by atoms with Gasteiger partial charge in [0.05, 0.1) is 7.11 Å². The average molecular weight is 152 g/mol. The van der Waals surface area contributed by atoms with Crippen LogP contribution in [0.2, 0.25) is 0 Å². The molecule has 0 unspecified atom stereocenters. The van der Waals surface area contributed by atoms with E-state index in [0.29, 0.717) is 11.8 Å². The SMILES string of the molecule is COC(=O)C1=C[C@@H]2CC[C@H]1C2. The van der Waals surface area contributed by atoms with Crippen LogP contribution in [-0.2, 0) is 9.53 Å². The molecule has 1 saturated carbocycles. The van der Waals surface area contributed by atoms with E-state index in [-0.39, 0.29) is 5.97 Å². The molecule has 0 spiro atoms. The fourth-order valence-corrected chi connectivity index (χ4v) is 2.19. The van der Waals surface area contributed by atoms with Gasteiger partial charge < -0.3 is 4.74 Å². The largest absolute Gasteiger partial charge is 0.466 e. The molecule has 2 bridgehead atoms. The van der Waals surface area contributed by atoms with Crippen LogP contribution in [0.15, 0.2) is 11.6 Å². The normalized spacial score (nSPS) is 33.7. The van der Waals surface area contributed by atoms with Crippen molar-refractivity contribution >= 4 is 5.97 Å². The summed E-state index contributed by atoms with van der Waals surface area (Å²) >= 11 is 0. The first-order valence-electron chi connectivity index (χ1n) is 4.11. The molecule has 0 aromatic heterocycles. The van der Waals surface area contributed by atoms with Crippen LogP contribution >= 0.6 is 0 Å². The molecule has 0 aromatic carbocycles. The maximum absolute atomic E-state index is 11.1. The highest BCUT2D eigenvalue weighted by molar-refractivity contribution is 5.89. The van der Waals surface area contributed by atoms with Crippen molar-refractivity contribution in [1.29, 1.82) is 0 Å². The fraction of sp³-hybridized carbons (Fsp3) is 0.667. The van der Waals surface area contributed by atoms with Crippen molar-refractivity contribution in [2.24, 2.45) is 11.8 Å². The lowest BCUT2D eigenvalue weighted by Gasteiger charge is -2.09. The average Bonchev–Trinajstić information content (AvgIpc) is 2.62. The number of carbonyl (C=O) groups excluding carboxylic acids is 1. The van der Waals surface area contributed by atoms with Gasteiger partial charge >= 0.3 is 5.97 Å². The molecule has 0 heterocycles. The zero-order chi connectivity index (χ0) is 7.84. The summed E-state index contributed by atoms with van der Waals surface area (Å²) in [4.78, 5) is 11.1. The summed E-state index contributed by atoms with van der Waals surface area (Å²) in [6.45, 7) is 0. The van der Waals surface area contributed by atoms with Gasteiger partial charge in [0.1, 0.15) is 0 Å². The second-order valence-electron chi connectivity index (χ2n) is 3.38. The van der Waals surface area contributed by atoms with Gasteiger partial charge in [0, 0.05) is 5.57 Å². The smallest absolute Gasteiger partial charge is 0.333 e. The first-order chi connectivity index (χ1) is 5.31. The number of hydrogen-bond acceptors (Lipinski definition) is 2. The number of hydrogen-bond donors (Lipinski definition) is 0. The Balaban J connectivity index is 2.16. The summed E-state index contributed by atoms with van der Waals surface area (Å²) in [6, 6.07) is 0. The number of esters is 1. The Bertz CT molecular complexity index is 218. The lowest BCUT2D eigenvalue weighted by molar-refractivity contribution is -0.136. The van der Waals surface area contributed by atoms with Gasteiger partial charge in [-0.2, -0.15) is 0 Å². The molecular weight excluding hydrogens is 140 g/mol. The highest BCUT2D eigenvalue weighted by Gasteiger charge is 2.36. The van der Waals surface area contributed by atoms with Crippen molar-refractivity contribution in [1.82, 2.24) is 0 Å². The van der Waals surface area contributed by atoms with E-state index in [2.05, 4.69) is 10.8 Å². The van der Waals surface area contributed by atoms with Crippen LogP contribution in [0, 0.1) is 11.8 Å². The standard InChI is InChI=1S/C9H12O2/c1-11-9(10)8-5-6-2-3-7(8)4-6/h5-7H,2-4H2,1H3/t6-,7+/m1/s1. The molecule has 2 nitrogen and oxygen atoms in total. The van der Waals surface area contributed by atoms with Crippen LogP contribution in [0.5, 0.6) is 0 Å². The first-order valence-corrected chi connectivity index (χ1v) is 4.11. The maximum atomic E-state index is 11.1. The third-order valence-corrected chi connectivity index (χ3v) is 2.75. The Morgan fingerprint density at radius 3 is 2.91 bits per heavy atom. The van der Waals surface area contributed by atoms with Crippen molar-refractivity contribution < 1.29 is 9.53 Å². The Morgan fingerprint density at radius 2 is 2.45 bits per heavy atom. The van der Waals surface area contributed by atoms with Gasteiger partial charge in [0.15, 0.2) is 0 Å². The molecule has 1 fully saturated rings. The molecule has 2 atom stereocenters. The summed E-state index contributed by atoms with van der Waals surface area (Å²) in [5, 5.41) is 0. The molecule has 0 N–H and O–H groups in total. The van der Waals surface area contributed by atoms with E-state index in [4.69, 9.17) is 0 Å². The van der Waals surface area contributed by atoms with Crippen molar-refractivity contribution in [2.75, 3.05) is 7.11 Å². The Hall–Kier alpha value is -0.790. The van der Waals surface area contributed by atoms with Crippen LogP contribution in [0.4, 0.5) is 0 Å². The van der Waals surface area contributed by atoms with Crippen molar-refractivity contribution in [3.8, 4) is 0 Å². The third kappa shape index (κ3) is 0.971. The predicted octanol–water partition coefficient (Wildman–Crippen LogP) is 1.52. The number of ether oxygens (including phenoxy) is 1. The molecule has 0 radical (unpaired) electrons. The number of allylic oxidation sites excluding steroid dienone is 1. The Kier molecular flexibility index (Phi) is 1.48. The minimum atomic E-state index is -0.114. The first kappa shape index (κ1) is 6.89. The molecule has 2 aliphatic rings. The van der Waals surface area contributed by atoms with Crippen LogP contribution in [-0.4, -0.2) is 13.1 Å². The van der Waals surface area contributed by atoms with E-state index >= 15 is 0 Å². The monoisotopic (exact) mass is 152 g/mol. The lowest BCUT2D eigenvalue weighted by Crippen LogP contribution is -2.10. The van der Waals surface area contributed by atoms with E-state index in [1.807, 2.05) is 0 Å². The molecule has 2 rings (SSSR count). The van der Waals surface area contributed by atoms with Crippen molar-refractivity contribution in [3.05, 3.63) is 11.6 Å². The topological polar surface area (TPSA) is 26.3 Å². The van der Waals surface area contributed by atoms with Gasteiger partial charge in [-0.15, -0.1) is 0 Å². The van der Waals surface area contributed by atoms with Gasteiger partial charge in [-0.1, -0.05) is 6.08 Å². The molecule has 0 amide bonds. The van der Waals surface area contributed by atoms with Gasteiger partial charge in [0.25, 0.3) is 0 Å². The van der Waals surface area contributed by atoms with E-state index in [1.54, 1.807) is 0 Å². The number of carbonyl (C=O) groups is 1. The number of methoxy groups -OCH3 is 1. The summed E-state index contributed by atoms with van der Waals surface area (Å²) in [5.41, 5.74) is 0.934. The second kappa shape index (κ2) is 2.36. The molecule has 2 heteroatoms. The van der Waals surface area contributed by atoms with Crippen LogP contribution in [0.25, 0.3) is 0 Å². The molecule has 60 valence electrons. The molecule has 2 aliphatic carbocycles. The van der Waals surface area contributed by atoms with Crippen molar-refractivity contribution in [3.63, 3.8) is 0 Å². The van der Waals surface area contributed by atoms with Gasteiger partial charge in [0.2, 0.25) is 0 Å². The minimum Gasteiger partial charge on any atom is -0.466 e.